The van der Waals surface area contributed by atoms with Crippen LogP contribution in [0.5, 0.6) is 0 Å². The van der Waals surface area contributed by atoms with E-state index in [1.54, 1.807) is 0 Å². The Balaban J connectivity index is 0.00000200. The normalized spacial score (nSPS) is 17.1. The van der Waals surface area contributed by atoms with Gasteiger partial charge in [-0.15, -0.1) is 0 Å². The van der Waals surface area contributed by atoms with Crippen molar-refractivity contribution in [2.75, 3.05) is 45.2 Å². The van der Waals surface area contributed by atoms with Gasteiger partial charge in [-0.25, -0.2) is 0 Å². The van der Waals surface area contributed by atoms with Gasteiger partial charge in [-0.2, -0.15) is 0 Å². The number of benzene rings is 1. The lowest BCUT2D eigenvalue weighted by atomic mass is 10.1. The zero-order valence-corrected chi connectivity index (χ0v) is 14.6. The summed E-state index contributed by atoms with van der Waals surface area (Å²) in [6.45, 7) is 7.85. The summed E-state index contributed by atoms with van der Waals surface area (Å²) < 4.78 is 6.12. The Morgan fingerprint density at radius 3 is 2.35 bits per heavy atom. The molecule has 1 aromatic carbocycles. The van der Waals surface area contributed by atoms with Gasteiger partial charge in [0.05, 0.1) is 20.3 Å². The number of carbonyl (C=O) groups excluding carboxylic acids is 1. The van der Waals surface area contributed by atoms with Crippen molar-refractivity contribution in [1.82, 2.24) is 0 Å². The number of hydrogen-bond donors (Lipinski definition) is 1. The van der Waals surface area contributed by atoms with E-state index in [0.29, 0.717) is 6.54 Å². The first-order chi connectivity index (χ1) is 9.00. The van der Waals surface area contributed by atoms with E-state index in [9.17, 15) is 4.79 Å². The molecule has 1 aliphatic heterocycles. The Morgan fingerprint density at radius 2 is 1.80 bits per heavy atom. The van der Waals surface area contributed by atoms with Crippen LogP contribution in [0.1, 0.15) is 11.1 Å². The summed E-state index contributed by atoms with van der Waals surface area (Å²) in [4.78, 5) is 12.2. The summed E-state index contributed by atoms with van der Waals surface area (Å²) in [6.07, 6.45) is 0. The van der Waals surface area contributed by atoms with Gasteiger partial charge in [-0.05, 0) is 25.0 Å². The number of para-hydroxylation sites is 1. The van der Waals surface area contributed by atoms with Crippen LogP contribution in [0.3, 0.4) is 0 Å². The molecule has 4 nitrogen and oxygen atoms in total. The summed E-state index contributed by atoms with van der Waals surface area (Å²) in [5.41, 5.74) is 3.17. The molecule has 112 valence electrons. The van der Waals surface area contributed by atoms with Gasteiger partial charge in [0.25, 0.3) is 5.91 Å². The SMILES string of the molecule is Cc1cccc(C)c1NC(=O)C[N+]1(C)CCOCC1.[I-]. The second-order valence-corrected chi connectivity index (χ2v) is 5.65. The van der Waals surface area contributed by atoms with Gasteiger partial charge >= 0.3 is 0 Å². The van der Waals surface area contributed by atoms with Gasteiger partial charge in [0.2, 0.25) is 0 Å². The van der Waals surface area contributed by atoms with Crippen LogP contribution in [0.25, 0.3) is 0 Å². The molecule has 0 unspecified atom stereocenters. The van der Waals surface area contributed by atoms with Crippen molar-refractivity contribution in [2.24, 2.45) is 0 Å². The molecule has 2 rings (SSSR count). The van der Waals surface area contributed by atoms with E-state index >= 15 is 0 Å². The second-order valence-electron chi connectivity index (χ2n) is 5.65. The summed E-state index contributed by atoms with van der Waals surface area (Å²) in [5, 5.41) is 3.06. The fourth-order valence-electron chi connectivity index (χ4n) is 2.48. The molecule has 0 spiro atoms. The number of morpholine rings is 1. The first-order valence-corrected chi connectivity index (χ1v) is 6.77. The molecule has 0 atom stereocenters. The molecule has 5 heteroatoms. The average molecular weight is 390 g/mol. The number of ether oxygens (including phenoxy) is 1. The molecule has 1 aliphatic rings. The van der Waals surface area contributed by atoms with E-state index in [0.717, 1.165) is 47.6 Å². The molecule has 0 aromatic heterocycles. The standard InChI is InChI=1S/C15H22N2O2.HI/c1-12-5-4-6-13(2)15(12)16-14(18)11-17(3)7-9-19-10-8-17;/h4-6H,7-11H2,1-3H3;1H. The third kappa shape index (κ3) is 4.43. The lowest BCUT2D eigenvalue weighted by Crippen LogP contribution is -3.00. The van der Waals surface area contributed by atoms with Crippen LogP contribution in [0, 0.1) is 13.8 Å². The fraction of sp³-hybridized carbons (Fsp3) is 0.533. The highest BCUT2D eigenvalue weighted by Gasteiger charge is 2.28. The third-order valence-corrected chi connectivity index (χ3v) is 3.82. The average Bonchev–Trinajstić information content (AvgIpc) is 2.34. The van der Waals surface area contributed by atoms with Crippen LogP contribution >= 0.6 is 0 Å². The van der Waals surface area contributed by atoms with Crippen LogP contribution in [0.15, 0.2) is 18.2 Å². The summed E-state index contributed by atoms with van der Waals surface area (Å²) >= 11 is 0. The molecule has 0 radical (unpaired) electrons. The molecule has 20 heavy (non-hydrogen) atoms. The summed E-state index contributed by atoms with van der Waals surface area (Å²) in [6, 6.07) is 6.05. The highest BCUT2D eigenvalue weighted by molar-refractivity contribution is 5.93. The molecule has 1 fully saturated rings. The Bertz CT molecular complexity index is 451. The lowest BCUT2D eigenvalue weighted by Gasteiger charge is -2.36. The van der Waals surface area contributed by atoms with Crippen molar-refractivity contribution in [3.05, 3.63) is 29.3 Å². The Morgan fingerprint density at radius 1 is 1.25 bits per heavy atom. The van der Waals surface area contributed by atoms with Gasteiger partial charge in [0.15, 0.2) is 6.54 Å². The first-order valence-electron chi connectivity index (χ1n) is 6.77. The maximum Gasteiger partial charge on any atom is 0.279 e. The van der Waals surface area contributed by atoms with E-state index in [1.165, 1.54) is 0 Å². The highest BCUT2D eigenvalue weighted by Crippen LogP contribution is 2.19. The molecule has 1 saturated heterocycles. The van der Waals surface area contributed by atoms with Crippen LogP contribution in [0.4, 0.5) is 5.69 Å². The number of anilines is 1. The van der Waals surface area contributed by atoms with E-state index < -0.39 is 0 Å². The predicted molar refractivity (Wildman–Crippen MR) is 76.2 cm³/mol. The third-order valence-electron chi connectivity index (χ3n) is 3.82. The molecule has 1 amide bonds. The minimum atomic E-state index is 0. The number of nitrogens with zero attached hydrogens (tertiary/aromatic N) is 1. The minimum absolute atomic E-state index is 0. The van der Waals surface area contributed by atoms with Crippen molar-refractivity contribution in [2.45, 2.75) is 13.8 Å². The quantitative estimate of drug-likeness (QED) is 0.516. The molecular weight excluding hydrogens is 367 g/mol. The number of nitrogens with one attached hydrogen (secondary N) is 1. The number of rotatable bonds is 3. The molecule has 0 saturated carbocycles. The van der Waals surface area contributed by atoms with Crippen molar-refractivity contribution < 1.29 is 38.0 Å². The largest absolute Gasteiger partial charge is 1.00 e. The monoisotopic (exact) mass is 390 g/mol. The van der Waals surface area contributed by atoms with E-state index in [-0.39, 0.29) is 29.9 Å². The Kier molecular flexibility index (Phi) is 6.42. The Labute approximate surface area is 138 Å². The molecule has 1 N–H and O–H groups in total. The van der Waals surface area contributed by atoms with Crippen molar-refractivity contribution in [3.8, 4) is 0 Å². The summed E-state index contributed by atoms with van der Waals surface area (Å²) in [5.74, 6) is 0.0850. The highest BCUT2D eigenvalue weighted by atomic mass is 127. The predicted octanol–water partition coefficient (Wildman–Crippen LogP) is -1.28. The van der Waals surface area contributed by atoms with Gasteiger partial charge in [0, 0.05) is 5.69 Å². The van der Waals surface area contributed by atoms with Crippen LogP contribution in [-0.2, 0) is 9.53 Å². The van der Waals surface area contributed by atoms with E-state index in [2.05, 4.69) is 12.4 Å². The van der Waals surface area contributed by atoms with Gasteiger partial charge < -0.3 is 38.5 Å². The number of carbonyl (C=O) groups is 1. The number of amides is 1. The van der Waals surface area contributed by atoms with Crippen LogP contribution in [0.2, 0.25) is 0 Å². The van der Waals surface area contributed by atoms with E-state index in [1.807, 2.05) is 32.0 Å². The maximum absolute atomic E-state index is 12.2. The number of likely N-dealkylation sites (N-methyl/N-ethyl adjacent to an activating group) is 1. The molecular formula is C15H23IN2O2. The lowest BCUT2D eigenvalue weighted by molar-refractivity contribution is -0.909. The number of aryl methyl sites for hydroxylation is 2. The van der Waals surface area contributed by atoms with Crippen LogP contribution in [-0.4, -0.2) is 50.3 Å². The summed E-state index contributed by atoms with van der Waals surface area (Å²) in [7, 11) is 2.12. The number of quaternary nitrogens is 1. The second kappa shape index (κ2) is 7.38. The first kappa shape index (κ1) is 17.4. The van der Waals surface area contributed by atoms with Gasteiger partial charge in [-0.3, -0.25) is 4.79 Å². The van der Waals surface area contributed by atoms with Crippen molar-refractivity contribution in [3.63, 3.8) is 0 Å². The smallest absolute Gasteiger partial charge is 0.279 e. The minimum Gasteiger partial charge on any atom is -1.00 e. The number of halogens is 1. The van der Waals surface area contributed by atoms with Crippen molar-refractivity contribution >= 4 is 11.6 Å². The maximum atomic E-state index is 12.2. The Hall–Kier alpha value is -0.660. The fourth-order valence-corrected chi connectivity index (χ4v) is 2.48. The van der Waals surface area contributed by atoms with E-state index in [4.69, 9.17) is 4.74 Å². The van der Waals surface area contributed by atoms with Gasteiger partial charge in [-0.1, -0.05) is 18.2 Å². The van der Waals surface area contributed by atoms with Crippen LogP contribution < -0.4 is 29.3 Å². The zero-order valence-electron chi connectivity index (χ0n) is 12.4. The molecule has 1 heterocycles. The molecule has 0 aliphatic carbocycles. The van der Waals surface area contributed by atoms with Crippen molar-refractivity contribution in [1.29, 1.82) is 0 Å². The number of hydrogen-bond acceptors (Lipinski definition) is 2. The van der Waals surface area contributed by atoms with Gasteiger partial charge in [0.1, 0.15) is 13.1 Å². The molecule has 1 aromatic rings. The molecule has 0 bridgehead atoms. The topological polar surface area (TPSA) is 38.3 Å². The zero-order chi connectivity index (χ0) is 13.9.